The first-order valence-electron chi connectivity index (χ1n) is 11.5. The number of anilines is 1. The van der Waals surface area contributed by atoms with Crippen molar-refractivity contribution >= 4 is 11.7 Å². The molecule has 2 fully saturated rings. The number of benzene rings is 1. The minimum atomic E-state index is 0.132. The molecule has 6 heteroatoms. The van der Waals surface area contributed by atoms with Crippen LogP contribution >= 0.6 is 0 Å². The van der Waals surface area contributed by atoms with Gasteiger partial charge in [-0.15, -0.1) is 0 Å². The molecule has 0 saturated carbocycles. The summed E-state index contributed by atoms with van der Waals surface area (Å²) in [5.41, 5.74) is 2.19. The Balaban J connectivity index is 1.52. The van der Waals surface area contributed by atoms with E-state index in [4.69, 9.17) is 9.97 Å². The lowest BCUT2D eigenvalue weighted by Gasteiger charge is -2.34. The van der Waals surface area contributed by atoms with E-state index in [1.165, 1.54) is 5.56 Å². The first-order chi connectivity index (χ1) is 14.9. The van der Waals surface area contributed by atoms with E-state index in [2.05, 4.69) is 41.8 Å². The summed E-state index contributed by atoms with van der Waals surface area (Å²) in [6.45, 7) is 8.12. The van der Waals surface area contributed by atoms with Gasteiger partial charge in [0.15, 0.2) is 0 Å². The maximum absolute atomic E-state index is 12.7. The van der Waals surface area contributed by atoms with Crippen molar-refractivity contribution in [1.82, 2.24) is 19.8 Å². The lowest BCUT2D eigenvalue weighted by molar-refractivity contribution is -0.128. The third kappa shape index (κ3) is 5.06. The Bertz CT molecular complexity index is 890. The summed E-state index contributed by atoms with van der Waals surface area (Å²) in [6, 6.07) is 12.9. The van der Waals surface area contributed by atoms with Gasteiger partial charge in [0.25, 0.3) is 0 Å². The summed E-state index contributed by atoms with van der Waals surface area (Å²) >= 11 is 0. The van der Waals surface area contributed by atoms with Crippen LogP contribution in [0.5, 0.6) is 0 Å². The van der Waals surface area contributed by atoms with E-state index >= 15 is 0 Å². The minimum absolute atomic E-state index is 0.132. The number of rotatable bonds is 6. The number of hydrogen-bond acceptors (Lipinski definition) is 5. The Kier molecular flexibility index (Phi) is 6.56. The molecule has 1 aromatic carbocycles. The van der Waals surface area contributed by atoms with Gasteiger partial charge in [-0.2, -0.15) is 0 Å². The van der Waals surface area contributed by atoms with E-state index in [-0.39, 0.29) is 11.8 Å². The number of likely N-dealkylation sites (tertiary alicyclic amines) is 2. The molecule has 1 amide bonds. The normalized spacial score (nSPS) is 20.6. The first-order valence-corrected chi connectivity index (χ1v) is 11.5. The second kappa shape index (κ2) is 9.35. The van der Waals surface area contributed by atoms with Gasteiger partial charge in [0.2, 0.25) is 5.91 Å². The third-order valence-electron chi connectivity index (χ3n) is 6.68. The molecule has 2 aliphatic rings. The van der Waals surface area contributed by atoms with E-state index in [1.807, 2.05) is 37.2 Å². The van der Waals surface area contributed by atoms with Crippen LogP contribution in [0, 0.1) is 0 Å². The molecule has 1 aromatic heterocycles. The van der Waals surface area contributed by atoms with Gasteiger partial charge in [-0.1, -0.05) is 30.3 Å². The van der Waals surface area contributed by atoms with Crippen molar-refractivity contribution in [2.75, 3.05) is 38.6 Å². The molecule has 0 radical (unpaired) electrons. The number of piperidine rings is 1. The van der Waals surface area contributed by atoms with Gasteiger partial charge >= 0.3 is 0 Å². The molecule has 0 bridgehead atoms. The molecule has 166 valence electrons. The first kappa shape index (κ1) is 21.8. The second-order valence-electron chi connectivity index (χ2n) is 9.47. The van der Waals surface area contributed by atoms with Crippen molar-refractivity contribution < 1.29 is 4.79 Å². The zero-order chi connectivity index (χ0) is 22.0. The van der Waals surface area contributed by atoms with E-state index in [1.54, 1.807) is 0 Å². The standard InChI is InChI=1S/C25H35N5O/c1-18(2)29-12-10-20(11-13-29)25-26-22(15-23(27-25)28(3)4)21-14-24(31)30(17-21)16-19-8-6-5-7-9-19/h5-9,15,18,20-21H,10-14,16-17H2,1-4H3/t21-/m1/s1. The van der Waals surface area contributed by atoms with Crippen molar-refractivity contribution in [3.63, 3.8) is 0 Å². The molecule has 2 aliphatic heterocycles. The summed E-state index contributed by atoms with van der Waals surface area (Å²) in [6.07, 6.45) is 2.72. The van der Waals surface area contributed by atoms with Crippen molar-refractivity contribution in [3.05, 3.63) is 53.5 Å². The summed E-state index contributed by atoms with van der Waals surface area (Å²) in [7, 11) is 4.05. The highest BCUT2D eigenvalue weighted by Crippen LogP contribution is 2.33. The molecule has 0 spiro atoms. The molecule has 0 unspecified atom stereocenters. The Morgan fingerprint density at radius 1 is 1.06 bits per heavy atom. The molecule has 6 nitrogen and oxygen atoms in total. The molecule has 1 atom stereocenters. The van der Waals surface area contributed by atoms with Gasteiger partial charge in [-0.3, -0.25) is 4.79 Å². The van der Waals surface area contributed by atoms with Crippen molar-refractivity contribution in [2.45, 2.75) is 57.5 Å². The van der Waals surface area contributed by atoms with E-state index in [0.717, 1.165) is 49.8 Å². The largest absolute Gasteiger partial charge is 0.363 e. The quantitative estimate of drug-likeness (QED) is 0.713. The Morgan fingerprint density at radius 3 is 2.42 bits per heavy atom. The van der Waals surface area contributed by atoms with Crippen LogP contribution in [0.1, 0.15) is 62.0 Å². The minimum Gasteiger partial charge on any atom is -0.363 e. The van der Waals surface area contributed by atoms with Gasteiger partial charge in [-0.05, 0) is 45.3 Å². The fourth-order valence-electron chi connectivity index (χ4n) is 4.69. The zero-order valence-corrected chi connectivity index (χ0v) is 19.3. The summed E-state index contributed by atoms with van der Waals surface area (Å²) in [5, 5.41) is 0. The van der Waals surface area contributed by atoms with Crippen LogP contribution < -0.4 is 4.90 Å². The molecule has 3 heterocycles. The summed E-state index contributed by atoms with van der Waals surface area (Å²) in [4.78, 5) is 29.2. The fraction of sp³-hybridized carbons (Fsp3) is 0.560. The van der Waals surface area contributed by atoms with E-state index < -0.39 is 0 Å². The number of aromatic nitrogens is 2. The number of hydrogen-bond donors (Lipinski definition) is 0. The van der Waals surface area contributed by atoms with Gasteiger partial charge in [0, 0.05) is 57.5 Å². The van der Waals surface area contributed by atoms with Crippen LogP contribution in [-0.4, -0.2) is 65.4 Å². The highest BCUT2D eigenvalue weighted by molar-refractivity contribution is 5.79. The Hall–Kier alpha value is -2.47. The number of nitrogens with zero attached hydrogens (tertiary/aromatic N) is 5. The van der Waals surface area contributed by atoms with Crippen LogP contribution in [0.25, 0.3) is 0 Å². The third-order valence-corrected chi connectivity index (χ3v) is 6.68. The molecule has 0 N–H and O–H groups in total. The highest BCUT2D eigenvalue weighted by Gasteiger charge is 2.33. The van der Waals surface area contributed by atoms with E-state index in [0.29, 0.717) is 24.9 Å². The lowest BCUT2D eigenvalue weighted by Crippen LogP contribution is -2.38. The maximum Gasteiger partial charge on any atom is 0.223 e. The SMILES string of the molecule is CC(C)N1CCC(c2nc([C@@H]3CC(=O)N(Cc4ccccc4)C3)cc(N(C)C)n2)CC1. The fourth-order valence-corrected chi connectivity index (χ4v) is 4.69. The highest BCUT2D eigenvalue weighted by atomic mass is 16.2. The number of carbonyl (C=O) groups is 1. The molecule has 31 heavy (non-hydrogen) atoms. The average Bonchev–Trinajstić information content (AvgIpc) is 3.14. The molecular formula is C25H35N5O. The summed E-state index contributed by atoms with van der Waals surface area (Å²) < 4.78 is 0. The number of carbonyl (C=O) groups excluding carboxylic acids is 1. The number of amides is 1. The summed E-state index contributed by atoms with van der Waals surface area (Å²) in [5.74, 6) is 2.64. The lowest BCUT2D eigenvalue weighted by atomic mass is 9.94. The molecule has 2 saturated heterocycles. The van der Waals surface area contributed by atoms with Crippen molar-refractivity contribution in [1.29, 1.82) is 0 Å². The molecule has 0 aliphatic carbocycles. The molecule has 4 rings (SSSR count). The van der Waals surface area contributed by atoms with Gasteiger partial charge in [-0.25, -0.2) is 9.97 Å². The maximum atomic E-state index is 12.7. The molecular weight excluding hydrogens is 386 g/mol. The van der Waals surface area contributed by atoms with Gasteiger partial charge in [0.05, 0.1) is 5.69 Å². The monoisotopic (exact) mass is 421 g/mol. The predicted molar refractivity (Wildman–Crippen MR) is 124 cm³/mol. The topological polar surface area (TPSA) is 52.6 Å². The Morgan fingerprint density at radius 2 is 1.77 bits per heavy atom. The Labute approximate surface area is 186 Å². The smallest absolute Gasteiger partial charge is 0.223 e. The van der Waals surface area contributed by atoms with Crippen LogP contribution in [0.2, 0.25) is 0 Å². The second-order valence-corrected chi connectivity index (χ2v) is 9.47. The van der Waals surface area contributed by atoms with Crippen LogP contribution in [0.3, 0.4) is 0 Å². The average molecular weight is 422 g/mol. The molecule has 2 aromatic rings. The van der Waals surface area contributed by atoms with Crippen LogP contribution in [0.15, 0.2) is 36.4 Å². The van der Waals surface area contributed by atoms with Crippen LogP contribution in [0.4, 0.5) is 5.82 Å². The van der Waals surface area contributed by atoms with Crippen molar-refractivity contribution in [3.8, 4) is 0 Å². The van der Waals surface area contributed by atoms with E-state index in [9.17, 15) is 4.79 Å². The van der Waals surface area contributed by atoms with Gasteiger partial charge < -0.3 is 14.7 Å². The van der Waals surface area contributed by atoms with Crippen molar-refractivity contribution in [2.24, 2.45) is 0 Å². The van der Waals surface area contributed by atoms with Crippen LogP contribution in [-0.2, 0) is 11.3 Å². The predicted octanol–water partition coefficient (Wildman–Crippen LogP) is 3.65. The zero-order valence-electron chi connectivity index (χ0n) is 19.3. The van der Waals surface area contributed by atoms with Gasteiger partial charge in [0.1, 0.15) is 11.6 Å².